The number of alkyl halides is 1. The summed E-state index contributed by atoms with van der Waals surface area (Å²) in [4.78, 5) is 21.8. The average Bonchev–Trinajstić information content (AvgIpc) is 2.27. The summed E-state index contributed by atoms with van der Waals surface area (Å²) in [6.45, 7) is 4.03. The van der Waals surface area contributed by atoms with Crippen LogP contribution in [0.15, 0.2) is 0 Å². The first kappa shape index (κ1) is 16.1. The number of carbonyl (C=O) groups is 1. The Labute approximate surface area is 116 Å². The van der Waals surface area contributed by atoms with Crippen LogP contribution in [0.5, 0.6) is 0 Å². The van der Waals surface area contributed by atoms with Crippen molar-refractivity contribution >= 4 is 17.6 Å². The van der Waals surface area contributed by atoms with Crippen LogP contribution >= 0.6 is 11.6 Å². The number of esters is 1. The van der Waals surface area contributed by atoms with Crippen molar-refractivity contribution < 1.29 is 14.5 Å². The van der Waals surface area contributed by atoms with Gasteiger partial charge in [0.1, 0.15) is 11.8 Å². The van der Waals surface area contributed by atoms with Gasteiger partial charge in [-0.3, -0.25) is 30.9 Å². The van der Waals surface area contributed by atoms with Gasteiger partial charge in [0.05, 0.1) is 19.1 Å². The van der Waals surface area contributed by atoms with Gasteiger partial charge in [0.25, 0.3) is 6.04 Å². The molecule has 3 N–H and O–H groups in total. The highest BCUT2D eigenvalue weighted by atomic mass is 35.5. The number of nitrogens with zero attached hydrogens (tertiary/aromatic N) is 1. The van der Waals surface area contributed by atoms with Crippen LogP contribution in [0.1, 0.15) is 20.3 Å². The second-order valence-corrected chi connectivity index (χ2v) is 4.68. The van der Waals surface area contributed by atoms with Gasteiger partial charge in [-0.2, -0.15) is 0 Å². The van der Waals surface area contributed by atoms with Gasteiger partial charge >= 0.3 is 5.97 Å². The van der Waals surface area contributed by atoms with Gasteiger partial charge in [-0.25, -0.2) is 0 Å². The predicted octanol–water partition coefficient (Wildman–Crippen LogP) is -0.396. The fraction of sp³-hybridized carbons (Fsp3) is 0.900. The molecule has 0 aromatic carbocycles. The lowest BCUT2D eigenvalue weighted by atomic mass is 10.1. The van der Waals surface area contributed by atoms with E-state index >= 15 is 0 Å². The van der Waals surface area contributed by atoms with Crippen molar-refractivity contribution in [3.8, 4) is 0 Å². The Bertz CT molecular complexity index is 331. The molecule has 0 aliphatic carbocycles. The van der Waals surface area contributed by atoms with Crippen molar-refractivity contribution in [1.82, 2.24) is 16.0 Å². The number of hydrogen-bond donors (Lipinski definition) is 3. The van der Waals surface area contributed by atoms with E-state index in [-0.39, 0.29) is 29.9 Å². The molecule has 0 saturated carbocycles. The summed E-state index contributed by atoms with van der Waals surface area (Å²) in [6.07, 6.45) is -0.436. The molecule has 0 aromatic rings. The number of carbonyl (C=O) groups excluding carboxylic acids is 1. The number of ether oxygens (including phenoxy) is 1. The summed E-state index contributed by atoms with van der Waals surface area (Å²) < 4.78 is 4.78. The zero-order valence-corrected chi connectivity index (χ0v) is 11.6. The molecule has 110 valence electrons. The van der Waals surface area contributed by atoms with Crippen LogP contribution in [0.4, 0.5) is 0 Å². The number of rotatable bonds is 6. The summed E-state index contributed by atoms with van der Waals surface area (Å²) in [5.41, 5.74) is -0.550. The molecule has 0 spiro atoms. The summed E-state index contributed by atoms with van der Waals surface area (Å²) >= 11 is 5.89. The minimum atomic E-state index is -0.864. The molecule has 1 aliphatic rings. The van der Waals surface area contributed by atoms with Crippen LogP contribution in [-0.2, 0) is 9.53 Å². The molecule has 1 aliphatic heterocycles. The number of halogens is 1. The minimum Gasteiger partial charge on any atom is -0.466 e. The van der Waals surface area contributed by atoms with Crippen LogP contribution in [-0.4, -0.2) is 47.9 Å². The Morgan fingerprint density at radius 1 is 1.53 bits per heavy atom. The van der Waals surface area contributed by atoms with Crippen molar-refractivity contribution in [2.45, 2.75) is 44.1 Å². The van der Waals surface area contributed by atoms with Crippen molar-refractivity contribution in [2.24, 2.45) is 0 Å². The van der Waals surface area contributed by atoms with Gasteiger partial charge < -0.3 is 4.74 Å². The van der Waals surface area contributed by atoms with E-state index in [0.717, 1.165) is 0 Å². The van der Waals surface area contributed by atoms with E-state index in [1.807, 2.05) is 0 Å². The SMILES string of the molecule is CCOC(=O)CCNC1NC(Cl)NC(C)C1[N+](=O)[O-]. The predicted molar refractivity (Wildman–Crippen MR) is 69.2 cm³/mol. The molecule has 4 atom stereocenters. The molecular formula is C10H19ClN4O4. The Hall–Kier alpha value is -0.960. The fourth-order valence-electron chi connectivity index (χ4n) is 1.97. The minimum absolute atomic E-state index is 0.158. The molecule has 0 radical (unpaired) electrons. The van der Waals surface area contributed by atoms with Gasteiger partial charge in [0.15, 0.2) is 0 Å². The van der Waals surface area contributed by atoms with E-state index < -0.39 is 17.8 Å². The maximum absolute atomic E-state index is 11.2. The monoisotopic (exact) mass is 294 g/mol. The highest BCUT2D eigenvalue weighted by Crippen LogP contribution is 2.11. The molecule has 0 amide bonds. The lowest BCUT2D eigenvalue weighted by molar-refractivity contribution is -0.534. The highest BCUT2D eigenvalue weighted by Gasteiger charge is 2.42. The average molecular weight is 295 g/mol. The second kappa shape index (κ2) is 7.59. The van der Waals surface area contributed by atoms with E-state index in [2.05, 4.69) is 16.0 Å². The van der Waals surface area contributed by atoms with Crippen molar-refractivity contribution in [2.75, 3.05) is 13.2 Å². The second-order valence-electron chi connectivity index (χ2n) is 4.25. The molecule has 0 aromatic heterocycles. The van der Waals surface area contributed by atoms with E-state index in [9.17, 15) is 14.9 Å². The Kier molecular flexibility index (Phi) is 6.43. The van der Waals surface area contributed by atoms with Crippen LogP contribution in [0.25, 0.3) is 0 Å². The van der Waals surface area contributed by atoms with Gasteiger partial charge in [-0.05, 0) is 13.8 Å². The lowest BCUT2D eigenvalue weighted by Crippen LogP contribution is -2.69. The Morgan fingerprint density at radius 2 is 2.21 bits per heavy atom. The summed E-state index contributed by atoms with van der Waals surface area (Å²) in [7, 11) is 0. The van der Waals surface area contributed by atoms with E-state index in [1.54, 1.807) is 13.8 Å². The van der Waals surface area contributed by atoms with Crippen LogP contribution in [0.2, 0.25) is 0 Å². The zero-order valence-electron chi connectivity index (χ0n) is 10.9. The molecular weight excluding hydrogens is 276 g/mol. The fourth-order valence-corrected chi connectivity index (χ4v) is 2.30. The first-order chi connectivity index (χ1) is 8.95. The summed E-state index contributed by atoms with van der Waals surface area (Å²) in [6, 6.07) is -1.24. The first-order valence-electron chi connectivity index (χ1n) is 6.14. The third-order valence-electron chi connectivity index (χ3n) is 2.83. The normalized spacial score (nSPS) is 30.9. The Morgan fingerprint density at radius 3 is 2.79 bits per heavy atom. The molecule has 9 heteroatoms. The van der Waals surface area contributed by atoms with Crippen molar-refractivity contribution in [1.29, 1.82) is 0 Å². The van der Waals surface area contributed by atoms with Crippen LogP contribution < -0.4 is 16.0 Å². The van der Waals surface area contributed by atoms with Gasteiger partial charge in [0.2, 0.25) is 0 Å². The van der Waals surface area contributed by atoms with Gasteiger partial charge in [0, 0.05) is 11.5 Å². The van der Waals surface area contributed by atoms with E-state index in [4.69, 9.17) is 16.3 Å². The van der Waals surface area contributed by atoms with Gasteiger partial charge in [-0.15, -0.1) is 0 Å². The number of nitro groups is 1. The molecule has 8 nitrogen and oxygen atoms in total. The zero-order chi connectivity index (χ0) is 14.4. The van der Waals surface area contributed by atoms with Gasteiger partial charge in [-0.1, -0.05) is 11.6 Å². The number of nitrogens with one attached hydrogen (secondary N) is 3. The van der Waals surface area contributed by atoms with Crippen molar-refractivity contribution in [3.05, 3.63) is 10.1 Å². The largest absolute Gasteiger partial charge is 0.466 e. The lowest BCUT2D eigenvalue weighted by Gasteiger charge is -2.35. The molecule has 1 fully saturated rings. The number of hydrogen-bond acceptors (Lipinski definition) is 7. The quantitative estimate of drug-likeness (QED) is 0.201. The smallest absolute Gasteiger partial charge is 0.307 e. The topological polar surface area (TPSA) is 106 Å². The summed E-state index contributed by atoms with van der Waals surface area (Å²) in [5, 5.41) is 19.6. The molecule has 0 bridgehead atoms. The van der Waals surface area contributed by atoms with Crippen molar-refractivity contribution in [3.63, 3.8) is 0 Å². The standard InChI is InChI=1S/C10H19ClN4O4/c1-3-19-7(16)4-5-12-9-8(15(17)18)6(2)13-10(11)14-9/h6,8-10,12-14H,3-5H2,1-2H3. The third kappa shape index (κ3) is 4.90. The maximum Gasteiger partial charge on any atom is 0.307 e. The Balaban J connectivity index is 2.48. The first-order valence-corrected chi connectivity index (χ1v) is 6.58. The van der Waals surface area contributed by atoms with E-state index in [1.165, 1.54) is 0 Å². The molecule has 4 unspecified atom stereocenters. The highest BCUT2D eigenvalue weighted by molar-refractivity contribution is 6.20. The van der Waals surface area contributed by atoms with E-state index in [0.29, 0.717) is 6.61 Å². The maximum atomic E-state index is 11.2. The molecule has 19 heavy (non-hydrogen) atoms. The van der Waals surface area contributed by atoms with Crippen LogP contribution in [0, 0.1) is 10.1 Å². The van der Waals surface area contributed by atoms with Crippen LogP contribution in [0.3, 0.4) is 0 Å². The molecule has 1 rings (SSSR count). The third-order valence-corrected chi connectivity index (χ3v) is 3.08. The molecule has 1 saturated heterocycles. The summed E-state index contributed by atoms with van der Waals surface area (Å²) in [5.74, 6) is -0.336. The molecule has 1 heterocycles.